The van der Waals surface area contributed by atoms with Crippen LogP contribution in [0.4, 0.5) is 5.69 Å². The number of hydrogen-bond donors (Lipinski definition) is 1. The molecule has 0 fully saturated rings. The van der Waals surface area contributed by atoms with Gasteiger partial charge in [0, 0.05) is 23.6 Å². The molecule has 0 saturated heterocycles. The number of pyridine rings is 1. The fraction of sp³-hybridized carbons (Fsp3) is 0.111. The minimum atomic E-state index is -0.418. The van der Waals surface area contributed by atoms with Gasteiger partial charge in [-0.05, 0) is 43.3 Å². The molecule has 0 saturated carbocycles. The zero-order chi connectivity index (χ0) is 17.8. The van der Waals surface area contributed by atoms with E-state index in [1.54, 1.807) is 43.6 Å². The third-order valence-corrected chi connectivity index (χ3v) is 4.70. The van der Waals surface area contributed by atoms with Crippen molar-refractivity contribution in [3.8, 4) is 10.6 Å². The number of aromatic nitrogens is 2. The van der Waals surface area contributed by atoms with Crippen molar-refractivity contribution in [1.29, 1.82) is 0 Å². The van der Waals surface area contributed by atoms with E-state index in [2.05, 4.69) is 20.0 Å². The number of rotatable bonds is 4. The van der Waals surface area contributed by atoms with E-state index in [1.807, 2.05) is 12.1 Å². The van der Waals surface area contributed by atoms with E-state index in [1.165, 1.54) is 18.4 Å². The molecule has 0 aliphatic rings. The van der Waals surface area contributed by atoms with Gasteiger partial charge >= 0.3 is 5.97 Å². The molecule has 0 spiro atoms. The van der Waals surface area contributed by atoms with Crippen molar-refractivity contribution in [2.45, 2.75) is 6.92 Å². The van der Waals surface area contributed by atoms with Crippen LogP contribution in [-0.4, -0.2) is 29.0 Å². The summed E-state index contributed by atoms with van der Waals surface area (Å²) in [7, 11) is 1.32. The maximum absolute atomic E-state index is 12.5. The Morgan fingerprint density at radius 2 is 1.76 bits per heavy atom. The summed E-state index contributed by atoms with van der Waals surface area (Å²) >= 11 is 1.33. The molecule has 0 radical (unpaired) electrons. The number of carbonyl (C=O) groups is 2. The molecule has 6 nitrogen and oxygen atoms in total. The highest BCUT2D eigenvalue weighted by atomic mass is 32.1. The van der Waals surface area contributed by atoms with Gasteiger partial charge in [0.05, 0.1) is 18.4 Å². The minimum absolute atomic E-state index is 0.235. The van der Waals surface area contributed by atoms with Crippen molar-refractivity contribution in [3.63, 3.8) is 0 Å². The molecule has 1 amide bonds. The number of carbonyl (C=O) groups excluding carboxylic acids is 2. The lowest BCUT2D eigenvalue weighted by molar-refractivity contribution is 0.0600. The number of benzene rings is 1. The Labute approximate surface area is 148 Å². The topological polar surface area (TPSA) is 81.2 Å². The highest BCUT2D eigenvalue weighted by molar-refractivity contribution is 7.17. The molecule has 0 aliphatic heterocycles. The molecule has 0 atom stereocenters. The van der Waals surface area contributed by atoms with Crippen LogP contribution in [0, 0.1) is 6.92 Å². The lowest BCUT2D eigenvalue weighted by atomic mass is 10.2. The quantitative estimate of drug-likeness (QED) is 0.726. The summed E-state index contributed by atoms with van der Waals surface area (Å²) in [6.07, 6.45) is 3.38. The predicted molar refractivity (Wildman–Crippen MR) is 95.8 cm³/mol. The molecule has 3 aromatic rings. The minimum Gasteiger partial charge on any atom is -0.465 e. The van der Waals surface area contributed by atoms with E-state index in [0.29, 0.717) is 21.8 Å². The standard InChI is InChI=1S/C18H15N3O3S/c1-11-15(25-17(20-11)12-7-9-19-10-8-12)16(22)21-14-5-3-13(4-6-14)18(23)24-2/h3-10H,1-2H3,(H,21,22). The second-order valence-corrected chi connectivity index (χ2v) is 6.19. The molecular formula is C18H15N3O3S. The zero-order valence-corrected chi connectivity index (χ0v) is 14.5. The fourth-order valence-electron chi connectivity index (χ4n) is 2.22. The summed E-state index contributed by atoms with van der Waals surface area (Å²) in [5.41, 5.74) is 2.61. The molecule has 0 aliphatic carbocycles. The first kappa shape index (κ1) is 16.8. The van der Waals surface area contributed by atoms with Crippen LogP contribution < -0.4 is 5.32 Å². The average molecular weight is 353 g/mol. The Morgan fingerprint density at radius 1 is 1.08 bits per heavy atom. The van der Waals surface area contributed by atoms with Crippen LogP contribution in [0.5, 0.6) is 0 Å². The maximum Gasteiger partial charge on any atom is 0.337 e. The van der Waals surface area contributed by atoms with E-state index in [4.69, 9.17) is 0 Å². The Bertz CT molecular complexity index is 905. The highest BCUT2D eigenvalue weighted by Gasteiger charge is 2.16. The van der Waals surface area contributed by atoms with Gasteiger partial charge in [0.2, 0.25) is 0 Å². The van der Waals surface area contributed by atoms with Gasteiger partial charge in [-0.25, -0.2) is 9.78 Å². The zero-order valence-electron chi connectivity index (χ0n) is 13.6. The van der Waals surface area contributed by atoms with Crippen LogP contribution in [0.25, 0.3) is 10.6 Å². The van der Waals surface area contributed by atoms with Crippen LogP contribution in [0.1, 0.15) is 25.7 Å². The van der Waals surface area contributed by atoms with Crippen molar-refractivity contribution < 1.29 is 14.3 Å². The number of methoxy groups -OCH3 is 1. The summed E-state index contributed by atoms with van der Waals surface area (Å²) in [6.45, 7) is 1.80. The molecule has 7 heteroatoms. The van der Waals surface area contributed by atoms with Gasteiger partial charge in [-0.15, -0.1) is 11.3 Å². The monoisotopic (exact) mass is 353 g/mol. The van der Waals surface area contributed by atoms with Crippen LogP contribution in [-0.2, 0) is 4.74 Å². The molecule has 2 heterocycles. The van der Waals surface area contributed by atoms with E-state index in [-0.39, 0.29) is 5.91 Å². The second-order valence-electron chi connectivity index (χ2n) is 5.19. The summed E-state index contributed by atoms with van der Waals surface area (Å²) in [6, 6.07) is 10.2. The number of ether oxygens (including phenoxy) is 1. The summed E-state index contributed by atoms with van der Waals surface area (Å²) in [5.74, 6) is -0.653. The molecule has 0 unspecified atom stereocenters. The third kappa shape index (κ3) is 3.72. The van der Waals surface area contributed by atoms with Gasteiger partial charge in [0.15, 0.2) is 0 Å². The molecule has 25 heavy (non-hydrogen) atoms. The first-order valence-electron chi connectivity index (χ1n) is 7.46. The molecular weight excluding hydrogens is 338 g/mol. The Morgan fingerprint density at radius 3 is 2.40 bits per heavy atom. The lowest BCUT2D eigenvalue weighted by Crippen LogP contribution is -2.11. The fourth-order valence-corrected chi connectivity index (χ4v) is 3.19. The average Bonchev–Trinajstić information content (AvgIpc) is 3.04. The van der Waals surface area contributed by atoms with Crippen molar-refractivity contribution in [2.24, 2.45) is 0 Å². The number of esters is 1. The first-order chi connectivity index (χ1) is 12.1. The van der Waals surface area contributed by atoms with Gasteiger partial charge < -0.3 is 10.1 Å². The van der Waals surface area contributed by atoms with Gasteiger partial charge in [-0.2, -0.15) is 0 Å². The lowest BCUT2D eigenvalue weighted by Gasteiger charge is -2.05. The number of amides is 1. The number of hydrogen-bond acceptors (Lipinski definition) is 6. The smallest absolute Gasteiger partial charge is 0.337 e. The van der Waals surface area contributed by atoms with E-state index < -0.39 is 5.97 Å². The van der Waals surface area contributed by atoms with E-state index in [0.717, 1.165) is 10.6 Å². The van der Waals surface area contributed by atoms with Gasteiger partial charge in [0.1, 0.15) is 9.88 Å². The normalized spacial score (nSPS) is 10.3. The molecule has 2 aromatic heterocycles. The predicted octanol–water partition coefficient (Wildman–Crippen LogP) is 3.55. The Kier molecular flexibility index (Phi) is 4.85. The van der Waals surface area contributed by atoms with Crippen molar-refractivity contribution in [2.75, 3.05) is 12.4 Å². The Hall–Kier alpha value is -3.06. The van der Waals surface area contributed by atoms with Crippen molar-refractivity contribution in [1.82, 2.24) is 9.97 Å². The second kappa shape index (κ2) is 7.23. The third-order valence-electron chi connectivity index (χ3n) is 3.49. The maximum atomic E-state index is 12.5. The molecule has 3 rings (SSSR count). The Balaban J connectivity index is 1.78. The van der Waals surface area contributed by atoms with Crippen LogP contribution in [0.2, 0.25) is 0 Å². The van der Waals surface area contributed by atoms with Crippen molar-refractivity contribution >= 4 is 28.9 Å². The van der Waals surface area contributed by atoms with Crippen LogP contribution in [0.15, 0.2) is 48.8 Å². The largest absolute Gasteiger partial charge is 0.465 e. The van der Waals surface area contributed by atoms with Gasteiger partial charge in [-0.3, -0.25) is 9.78 Å². The van der Waals surface area contributed by atoms with Gasteiger partial charge in [0.25, 0.3) is 5.91 Å². The van der Waals surface area contributed by atoms with E-state index in [9.17, 15) is 9.59 Å². The number of aryl methyl sites for hydroxylation is 1. The summed E-state index contributed by atoms with van der Waals surface area (Å²) < 4.78 is 4.65. The highest BCUT2D eigenvalue weighted by Crippen LogP contribution is 2.28. The van der Waals surface area contributed by atoms with Crippen molar-refractivity contribution in [3.05, 3.63) is 64.9 Å². The van der Waals surface area contributed by atoms with Crippen LogP contribution in [0.3, 0.4) is 0 Å². The molecule has 126 valence electrons. The molecule has 1 aromatic carbocycles. The van der Waals surface area contributed by atoms with Crippen LogP contribution >= 0.6 is 11.3 Å². The van der Waals surface area contributed by atoms with Gasteiger partial charge in [-0.1, -0.05) is 0 Å². The molecule has 0 bridgehead atoms. The summed E-state index contributed by atoms with van der Waals surface area (Å²) in [5, 5.41) is 3.58. The van der Waals surface area contributed by atoms with E-state index >= 15 is 0 Å². The number of thiazole rings is 1. The number of anilines is 1. The SMILES string of the molecule is COC(=O)c1ccc(NC(=O)c2sc(-c3ccncc3)nc2C)cc1. The molecule has 1 N–H and O–H groups in total. The number of nitrogens with zero attached hydrogens (tertiary/aromatic N) is 2. The first-order valence-corrected chi connectivity index (χ1v) is 8.27. The summed E-state index contributed by atoms with van der Waals surface area (Å²) in [4.78, 5) is 32.9. The number of nitrogens with one attached hydrogen (secondary N) is 1.